The number of ether oxygens (including phenoxy) is 1. The van der Waals surface area contributed by atoms with Crippen LogP contribution in [0.1, 0.15) is 15.9 Å². The number of rotatable bonds is 6. The number of nitrogens with one attached hydrogen (secondary N) is 3. The highest BCUT2D eigenvalue weighted by atomic mass is 35.5. The third kappa shape index (κ3) is 5.28. The minimum atomic E-state index is -0.275. The Labute approximate surface area is 191 Å². The fourth-order valence-corrected chi connectivity index (χ4v) is 3.48. The van der Waals surface area contributed by atoms with Gasteiger partial charge in [-0.2, -0.15) is 0 Å². The molecule has 0 fully saturated rings. The van der Waals surface area contributed by atoms with Crippen LogP contribution in [0.2, 0.25) is 5.02 Å². The van der Waals surface area contributed by atoms with Gasteiger partial charge >= 0.3 is 0 Å². The number of nitrogens with zero attached hydrogens (tertiary/aromatic N) is 1. The molecule has 0 unspecified atom stereocenters. The summed E-state index contributed by atoms with van der Waals surface area (Å²) in [6.45, 7) is 0.495. The maximum atomic E-state index is 12.7. The van der Waals surface area contributed by atoms with Crippen molar-refractivity contribution in [1.82, 2.24) is 10.3 Å². The summed E-state index contributed by atoms with van der Waals surface area (Å²) in [6.07, 6.45) is 2.73. The fraction of sp³-hybridized carbons (Fsp3) is 0.120. The number of hydrogen-bond donors (Lipinski definition) is 3. The Morgan fingerprint density at radius 3 is 2.69 bits per heavy atom. The molecule has 1 amide bonds. The van der Waals surface area contributed by atoms with Crippen LogP contribution in [0.5, 0.6) is 5.75 Å². The van der Waals surface area contributed by atoms with Crippen molar-refractivity contribution < 1.29 is 9.53 Å². The number of guanidine groups is 1. The average molecular weight is 447 g/mol. The number of aliphatic imine (C=N–C) groups is 1. The van der Waals surface area contributed by atoms with Gasteiger partial charge in [0.25, 0.3) is 5.91 Å². The van der Waals surface area contributed by atoms with Crippen molar-refractivity contribution in [3.63, 3.8) is 0 Å². The predicted octanol–water partition coefficient (Wildman–Crippen LogP) is 5.27. The summed E-state index contributed by atoms with van der Waals surface area (Å²) in [5.74, 6) is 0.790. The minimum Gasteiger partial charge on any atom is -0.497 e. The minimum absolute atomic E-state index is 0.275. The maximum absolute atomic E-state index is 12.7. The van der Waals surface area contributed by atoms with Crippen molar-refractivity contribution in [3.05, 3.63) is 95.1 Å². The second kappa shape index (κ2) is 10.0. The van der Waals surface area contributed by atoms with Crippen LogP contribution in [0.3, 0.4) is 0 Å². The van der Waals surface area contributed by atoms with Gasteiger partial charge in [-0.25, -0.2) is 0 Å². The van der Waals surface area contributed by atoms with Crippen LogP contribution in [0.4, 0.5) is 5.69 Å². The number of anilines is 1. The zero-order valence-corrected chi connectivity index (χ0v) is 18.3. The number of fused-ring (bicyclic) bond motifs is 1. The standard InChI is InChI=1S/C25H23ClN4O2/c1-32-21-6-4-5-20(15-21)29-25(30-24(31)17-9-11-19(26)12-10-17)27-14-13-18-16-28-23-8-3-2-7-22(18)23/h2-12,15-16,28H,13-14H2,1H3,(H2,27,29,30,31). The lowest BCUT2D eigenvalue weighted by Crippen LogP contribution is -2.36. The number of aromatic nitrogens is 1. The summed E-state index contributed by atoms with van der Waals surface area (Å²) in [6, 6.07) is 22.3. The van der Waals surface area contributed by atoms with Gasteiger partial charge in [0.15, 0.2) is 0 Å². The van der Waals surface area contributed by atoms with Crippen molar-refractivity contribution in [3.8, 4) is 5.75 Å². The van der Waals surface area contributed by atoms with Gasteiger partial charge in [-0.1, -0.05) is 35.9 Å². The van der Waals surface area contributed by atoms with Crippen molar-refractivity contribution in [2.75, 3.05) is 19.0 Å². The number of amides is 1. The number of hydrogen-bond acceptors (Lipinski definition) is 3. The molecule has 1 heterocycles. The van der Waals surface area contributed by atoms with E-state index < -0.39 is 0 Å². The first kappa shape index (κ1) is 21.5. The zero-order chi connectivity index (χ0) is 22.3. The van der Waals surface area contributed by atoms with Crippen molar-refractivity contribution in [2.24, 2.45) is 4.99 Å². The van der Waals surface area contributed by atoms with Gasteiger partial charge < -0.3 is 15.0 Å². The first-order valence-corrected chi connectivity index (χ1v) is 10.6. The summed E-state index contributed by atoms with van der Waals surface area (Å²) >= 11 is 5.93. The van der Waals surface area contributed by atoms with Gasteiger partial charge in [-0.3, -0.25) is 15.1 Å². The molecule has 0 spiro atoms. The van der Waals surface area contributed by atoms with Gasteiger partial charge in [-0.15, -0.1) is 0 Å². The van der Waals surface area contributed by atoms with Crippen LogP contribution in [0, 0.1) is 0 Å². The van der Waals surface area contributed by atoms with Crippen LogP contribution >= 0.6 is 11.6 Å². The van der Waals surface area contributed by atoms with Gasteiger partial charge in [0.05, 0.1) is 7.11 Å². The molecule has 6 nitrogen and oxygen atoms in total. The Bertz CT molecular complexity index is 1250. The van der Waals surface area contributed by atoms with E-state index in [0.717, 1.165) is 17.6 Å². The Morgan fingerprint density at radius 1 is 1.06 bits per heavy atom. The lowest BCUT2D eigenvalue weighted by molar-refractivity contribution is 0.0977. The van der Waals surface area contributed by atoms with Crippen molar-refractivity contribution >= 4 is 40.1 Å². The van der Waals surface area contributed by atoms with E-state index in [1.54, 1.807) is 31.4 Å². The molecule has 32 heavy (non-hydrogen) atoms. The van der Waals surface area contributed by atoms with E-state index in [1.165, 1.54) is 10.9 Å². The molecule has 0 radical (unpaired) electrons. The maximum Gasteiger partial charge on any atom is 0.257 e. The molecule has 0 saturated heterocycles. The molecule has 0 aliphatic carbocycles. The van der Waals surface area contributed by atoms with Crippen molar-refractivity contribution in [1.29, 1.82) is 0 Å². The Hall–Kier alpha value is -3.77. The summed E-state index contributed by atoms with van der Waals surface area (Å²) < 4.78 is 5.29. The highest BCUT2D eigenvalue weighted by molar-refractivity contribution is 6.30. The number of carbonyl (C=O) groups is 1. The Balaban J connectivity index is 1.52. The molecule has 3 N–H and O–H groups in total. The molecule has 162 valence electrons. The quantitative estimate of drug-likeness (QED) is 0.279. The van der Waals surface area contributed by atoms with Crippen molar-refractivity contribution in [2.45, 2.75) is 6.42 Å². The monoisotopic (exact) mass is 446 g/mol. The molecule has 0 atom stereocenters. The Morgan fingerprint density at radius 2 is 1.88 bits per heavy atom. The molecule has 0 aliphatic rings. The first-order valence-electron chi connectivity index (χ1n) is 10.2. The second-order valence-electron chi connectivity index (χ2n) is 7.16. The third-order valence-electron chi connectivity index (χ3n) is 5.00. The van der Waals surface area contributed by atoms with E-state index in [2.05, 4.69) is 26.7 Å². The molecular weight excluding hydrogens is 424 g/mol. The van der Waals surface area contributed by atoms with E-state index in [4.69, 9.17) is 16.3 Å². The summed E-state index contributed by atoms with van der Waals surface area (Å²) in [7, 11) is 1.61. The summed E-state index contributed by atoms with van der Waals surface area (Å²) in [4.78, 5) is 20.7. The summed E-state index contributed by atoms with van der Waals surface area (Å²) in [5, 5.41) is 7.80. The largest absolute Gasteiger partial charge is 0.497 e. The number of para-hydroxylation sites is 1. The Kier molecular flexibility index (Phi) is 6.72. The lowest BCUT2D eigenvalue weighted by Gasteiger charge is -2.13. The van der Waals surface area contributed by atoms with Crippen LogP contribution in [-0.4, -0.2) is 30.5 Å². The highest BCUT2D eigenvalue weighted by Crippen LogP contribution is 2.19. The van der Waals surface area contributed by atoms with E-state index in [-0.39, 0.29) is 5.91 Å². The average Bonchev–Trinajstić information content (AvgIpc) is 3.22. The van der Waals surface area contributed by atoms with Crippen LogP contribution in [0.25, 0.3) is 10.9 Å². The fourth-order valence-electron chi connectivity index (χ4n) is 3.36. The van der Waals surface area contributed by atoms with Gasteiger partial charge in [0.2, 0.25) is 5.96 Å². The molecule has 1 aromatic heterocycles. The first-order chi connectivity index (χ1) is 15.6. The third-order valence-corrected chi connectivity index (χ3v) is 5.25. The normalized spacial score (nSPS) is 11.4. The zero-order valence-electron chi connectivity index (χ0n) is 17.6. The predicted molar refractivity (Wildman–Crippen MR) is 130 cm³/mol. The van der Waals surface area contributed by atoms with Crippen LogP contribution in [0.15, 0.2) is 84.0 Å². The molecule has 4 aromatic rings. The molecule has 3 aromatic carbocycles. The van der Waals surface area contributed by atoms with E-state index in [0.29, 0.717) is 28.8 Å². The summed E-state index contributed by atoms with van der Waals surface area (Å²) in [5.41, 5.74) is 3.52. The van der Waals surface area contributed by atoms with Gasteiger partial charge in [-0.05, 0) is 54.4 Å². The highest BCUT2D eigenvalue weighted by Gasteiger charge is 2.10. The van der Waals surface area contributed by atoms with E-state index in [1.807, 2.05) is 48.7 Å². The molecule has 0 bridgehead atoms. The number of carbonyl (C=O) groups excluding carboxylic acids is 1. The van der Waals surface area contributed by atoms with Gasteiger partial charge in [0.1, 0.15) is 5.75 Å². The molecule has 7 heteroatoms. The molecular formula is C25H23ClN4O2. The van der Waals surface area contributed by atoms with E-state index >= 15 is 0 Å². The molecule has 0 saturated carbocycles. The van der Waals surface area contributed by atoms with Gasteiger partial charge in [0, 0.05) is 46.0 Å². The second-order valence-corrected chi connectivity index (χ2v) is 7.59. The lowest BCUT2D eigenvalue weighted by atomic mass is 10.1. The number of methoxy groups -OCH3 is 1. The molecule has 4 rings (SSSR count). The van der Waals surface area contributed by atoms with E-state index in [9.17, 15) is 4.79 Å². The topological polar surface area (TPSA) is 78.5 Å². The molecule has 0 aliphatic heterocycles. The number of H-pyrrole nitrogens is 1. The number of aromatic amines is 1. The van der Waals surface area contributed by atoms with Crippen LogP contribution < -0.4 is 15.4 Å². The smallest absolute Gasteiger partial charge is 0.257 e. The number of benzene rings is 3. The van der Waals surface area contributed by atoms with Crippen LogP contribution in [-0.2, 0) is 6.42 Å². The number of halogens is 1. The SMILES string of the molecule is COc1cccc(NC(=NCCc2c[nH]c3ccccc23)NC(=O)c2ccc(Cl)cc2)c1.